The van der Waals surface area contributed by atoms with E-state index in [1.165, 1.54) is 0 Å². The maximum Gasteiger partial charge on any atom is 0.174 e. The Hall–Kier alpha value is -4.04. The van der Waals surface area contributed by atoms with Crippen LogP contribution in [0.25, 0.3) is 11.3 Å². The molecule has 2 aromatic carbocycles. The maximum absolute atomic E-state index is 6.45. The first-order valence-corrected chi connectivity index (χ1v) is 12.1. The van der Waals surface area contributed by atoms with Crippen molar-refractivity contribution in [3.63, 3.8) is 0 Å². The zero-order valence-corrected chi connectivity index (χ0v) is 21.1. The van der Waals surface area contributed by atoms with Gasteiger partial charge in [-0.3, -0.25) is 4.98 Å². The summed E-state index contributed by atoms with van der Waals surface area (Å²) >= 11 is 5.84. The van der Waals surface area contributed by atoms with Gasteiger partial charge in [0, 0.05) is 17.8 Å². The van der Waals surface area contributed by atoms with Crippen LogP contribution in [0.2, 0.25) is 0 Å². The third-order valence-electron chi connectivity index (χ3n) is 6.11. The number of aromatic nitrogens is 1. The molecule has 4 aromatic rings. The summed E-state index contributed by atoms with van der Waals surface area (Å²) in [5.74, 6) is 3.69. The molecule has 0 bridgehead atoms. The van der Waals surface area contributed by atoms with E-state index < -0.39 is 0 Å². The van der Waals surface area contributed by atoms with E-state index in [0.717, 1.165) is 34.2 Å². The molecule has 0 amide bonds. The highest BCUT2D eigenvalue weighted by atomic mass is 32.1. The van der Waals surface area contributed by atoms with Crippen molar-refractivity contribution in [1.82, 2.24) is 10.3 Å². The average Bonchev–Trinajstić information content (AvgIpc) is 3.54. The zero-order valence-electron chi connectivity index (χ0n) is 20.3. The molecule has 1 aliphatic rings. The summed E-state index contributed by atoms with van der Waals surface area (Å²) < 4.78 is 23.2. The Morgan fingerprint density at radius 3 is 2.47 bits per heavy atom. The molecule has 184 valence electrons. The van der Waals surface area contributed by atoms with Crippen LogP contribution in [0.15, 0.2) is 83.4 Å². The molecule has 7 nitrogen and oxygen atoms in total. The second-order valence-electron chi connectivity index (χ2n) is 8.19. The summed E-state index contributed by atoms with van der Waals surface area (Å²) in [7, 11) is 3.27. The number of furan rings is 1. The van der Waals surface area contributed by atoms with Gasteiger partial charge in [0.05, 0.1) is 38.2 Å². The predicted molar refractivity (Wildman–Crippen MR) is 143 cm³/mol. The van der Waals surface area contributed by atoms with Crippen molar-refractivity contribution >= 4 is 23.0 Å². The summed E-state index contributed by atoms with van der Waals surface area (Å²) in [6.07, 6.45) is 1.78. The minimum atomic E-state index is -0.315. The van der Waals surface area contributed by atoms with Gasteiger partial charge in [-0.2, -0.15) is 0 Å². The van der Waals surface area contributed by atoms with Crippen molar-refractivity contribution < 1.29 is 18.6 Å². The third-order valence-corrected chi connectivity index (χ3v) is 6.43. The molecule has 1 aliphatic heterocycles. The van der Waals surface area contributed by atoms with Gasteiger partial charge in [-0.05, 0) is 79.8 Å². The Bertz CT molecular complexity index is 1340. The van der Waals surface area contributed by atoms with Crippen LogP contribution < -0.4 is 24.4 Å². The molecule has 0 saturated carbocycles. The third kappa shape index (κ3) is 4.47. The van der Waals surface area contributed by atoms with Gasteiger partial charge in [0.1, 0.15) is 34.8 Å². The number of hydrogen-bond donors (Lipinski definition) is 1. The van der Waals surface area contributed by atoms with Gasteiger partial charge in [0.25, 0.3) is 0 Å². The first-order valence-electron chi connectivity index (χ1n) is 11.7. The lowest BCUT2D eigenvalue weighted by molar-refractivity contribution is 0.340. The predicted octanol–water partition coefficient (Wildman–Crippen LogP) is 5.93. The van der Waals surface area contributed by atoms with Crippen molar-refractivity contribution in [2.75, 3.05) is 25.7 Å². The summed E-state index contributed by atoms with van der Waals surface area (Å²) in [6, 6.07) is 22.8. The first kappa shape index (κ1) is 23.7. The summed E-state index contributed by atoms with van der Waals surface area (Å²) in [6.45, 7) is 2.59. The van der Waals surface area contributed by atoms with Gasteiger partial charge < -0.3 is 28.8 Å². The molecule has 5 rings (SSSR count). The van der Waals surface area contributed by atoms with Crippen molar-refractivity contribution in [1.29, 1.82) is 0 Å². The SMILES string of the molecule is CCOc1ccc(-c2ccc([C@H]3[C@@H](c4ccccn4)NC(=S)N3c3cc(OC)ccc3OC)o2)cc1. The van der Waals surface area contributed by atoms with E-state index in [-0.39, 0.29) is 12.1 Å². The van der Waals surface area contributed by atoms with Gasteiger partial charge in [0.2, 0.25) is 0 Å². The van der Waals surface area contributed by atoms with Crippen LogP contribution in [-0.2, 0) is 0 Å². The van der Waals surface area contributed by atoms with Crippen molar-refractivity contribution in [3.8, 4) is 28.6 Å². The van der Waals surface area contributed by atoms with Gasteiger partial charge >= 0.3 is 0 Å². The number of nitrogens with zero attached hydrogens (tertiary/aromatic N) is 2. The van der Waals surface area contributed by atoms with Crippen LogP contribution in [0.4, 0.5) is 5.69 Å². The van der Waals surface area contributed by atoms with E-state index >= 15 is 0 Å². The standard InChI is InChI=1S/C28H27N3O4S/c1-4-34-19-10-8-18(9-11-19)23-14-15-25(35-23)27-26(21-7-5-6-16-29-21)30-28(36)31(27)22-17-20(32-2)12-13-24(22)33-3/h5-17,26-27H,4H2,1-3H3,(H,30,36)/t26-,27+/m1/s1. The molecule has 0 unspecified atom stereocenters. The van der Waals surface area contributed by atoms with Gasteiger partial charge in [-0.1, -0.05) is 6.07 Å². The molecule has 36 heavy (non-hydrogen) atoms. The zero-order chi connectivity index (χ0) is 25.1. The van der Waals surface area contributed by atoms with E-state index in [0.29, 0.717) is 23.2 Å². The Labute approximate surface area is 215 Å². The molecule has 2 atom stereocenters. The minimum Gasteiger partial charge on any atom is -0.497 e. The van der Waals surface area contributed by atoms with Crippen molar-refractivity contribution in [2.24, 2.45) is 0 Å². The Kier molecular flexibility index (Phi) is 6.77. The fraction of sp³-hybridized carbons (Fsp3) is 0.214. The number of methoxy groups -OCH3 is 2. The van der Waals surface area contributed by atoms with Gasteiger partial charge in [0.15, 0.2) is 5.11 Å². The molecule has 0 spiro atoms. The molecule has 1 N–H and O–H groups in total. The number of thiocarbonyl (C=S) groups is 1. The number of benzene rings is 2. The number of anilines is 1. The van der Waals surface area contributed by atoms with Gasteiger partial charge in [-0.25, -0.2) is 0 Å². The van der Waals surface area contributed by atoms with E-state index in [1.807, 2.05) is 84.6 Å². The van der Waals surface area contributed by atoms with Crippen LogP contribution in [0.1, 0.15) is 30.5 Å². The number of pyridine rings is 1. The lowest BCUT2D eigenvalue weighted by atomic mass is 10.0. The Morgan fingerprint density at radius 1 is 0.972 bits per heavy atom. The highest BCUT2D eigenvalue weighted by Gasteiger charge is 2.43. The quantitative estimate of drug-likeness (QED) is 0.298. The second kappa shape index (κ2) is 10.3. The largest absolute Gasteiger partial charge is 0.497 e. The molecule has 2 aromatic heterocycles. The van der Waals surface area contributed by atoms with E-state index in [4.69, 9.17) is 30.8 Å². The molecular weight excluding hydrogens is 474 g/mol. The van der Waals surface area contributed by atoms with Crippen LogP contribution in [0, 0.1) is 0 Å². The van der Waals surface area contributed by atoms with Crippen LogP contribution in [0.5, 0.6) is 17.2 Å². The van der Waals surface area contributed by atoms with E-state index in [2.05, 4.69) is 10.3 Å². The fourth-order valence-corrected chi connectivity index (χ4v) is 4.78. The molecule has 0 aliphatic carbocycles. The number of hydrogen-bond acceptors (Lipinski definition) is 6. The fourth-order valence-electron chi connectivity index (χ4n) is 4.44. The molecule has 8 heteroatoms. The highest BCUT2D eigenvalue weighted by Crippen LogP contribution is 2.46. The van der Waals surface area contributed by atoms with Crippen molar-refractivity contribution in [3.05, 3.63) is 90.4 Å². The summed E-state index contributed by atoms with van der Waals surface area (Å²) in [5, 5.41) is 3.99. The van der Waals surface area contributed by atoms with Crippen LogP contribution >= 0.6 is 12.2 Å². The number of rotatable bonds is 8. The molecule has 0 radical (unpaired) electrons. The Balaban J connectivity index is 1.59. The van der Waals surface area contributed by atoms with Crippen LogP contribution in [0.3, 0.4) is 0 Å². The summed E-state index contributed by atoms with van der Waals surface area (Å²) in [4.78, 5) is 6.62. The van der Waals surface area contributed by atoms with Crippen LogP contribution in [-0.4, -0.2) is 30.9 Å². The van der Waals surface area contributed by atoms with Gasteiger partial charge in [-0.15, -0.1) is 0 Å². The molecule has 1 saturated heterocycles. The minimum absolute atomic E-state index is 0.242. The normalized spacial score (nSPS) is 17.1. The lowest BCUT2D eigenvalue weighted by Gasteiger charge is -2.27. The van der Waals surface area contributed by atoms with E-state index in [1.54, 1.807) is 20.4 Å². The molecular formula is C28H27N3O4S. The topological polar surface area (TPSA) is 69.0 Å². The Morgan fingerprint density at radius 2 is 1.78 bits per heavy atom. The number of ether oxygens (including phenoxy) is 3. The molecule has 1 fully saturated rings. The monoisotopic (exact) mass is 501 g/mol. The second-order valence-corrected chi connectivity index (χ2v) is 8.58. The highest BCUT2D eigenvalue weighted by molar-refractivity contribution is 7.80. The van der Waals surface area contributed by atoms with E-state index in [9.17, 15) is 0 Å². The average molecular weight is 502 g/mol. The maximum atomic E-state index is 6.45. The first-order chi connectivity index (χ1) is 17.6. The van der Waals surface area contributed by atoms with Crippen molar-refractivity contribution in [2.45, 2.75) is 19.0 Å². The lowest BCUT2D eigenvalue weighted by Crippen LogP contribution is -2.29. The number of nitrogens with one attached hydrogen (secondary N) is 1. The molecule has 3 heterocycles. The smallest absolute Gasteiger partial charge is 0.174 e. The summed E-state index contributed by atoms with van der Waals surface area (Å²) in [5.41, 5.74) is 2.59.